The lowest BCUT2D eigenvalue weighted by Crippen LogP contribution is -2.55. The van der Waals surface area contributed by atoms with Crippen LogP contribution in [0, 0.1) is 39.9 Å². The quantitative estimate of drug-likeness (QED) is 0.693. The lowest BCUT2D eigenvalue weighted by Gasteiger charge is -2.58. The van der Waals surface area contributed by atoms with Crippen LogP contribution in [0.4, 0.5) is 0 Å². The van der Waals surface area contributed by atoms with Crippen LogP contribution in [0.3, 0.4) is 0 Å². The number of ketones is 1. The van der Waals surface area contributed by atoms with Crippen molar-refractivity contribution in [3.8, 4) is 6.07 Å². The molecule has 0 aliphatic heterocycles. The molecular formula is C24H31NO5. The van der Waals surface area contributed by atoms with Crippen LogP contribution >= 0.6 is 0 Å². The highest BCUT2D eigenvalue weighted by Crippen LogP contribution is 2.68. The van der Waals surface area contributed by atoms with Gasteiger partial charge in [0.05, 0.1) is 12.8 Å². The fourth-order valence-electron chi connectivity index (χ4n) is 7.39. The molecule has 0 bridgehead atoms. The Kier molecular flexibility index (Phi) is 5.07. The number of esters is 1. The van der Waals surface area contributed by atoms with Crippen molar-refractivity contribution in [1.82, 2.24) is 0 Å². The zero-order valence-electron chi connectivity index (χ0n) is 17.9. The molecule has 0 unspecified atom stereocenters. The average Bonchev–Trinajstić information content (AvgIpc) is 2.99. The van der Waals surface area contributed by atoms with Gasteiger partial charge in [-0.2, -0.15) is 5.26 Å². The minimum absolute atomic E-state index is 0.0637. The van der Waals surface area contributed by atoms with Crippen LogP contribution in [0.25, 0.3) is 0 Å². The summed E-state index contributed by atoms with van der Waals surface area (Å²) in [5, 5.41) is 19.0. The van der Waals surface area contributed by atoms with Gasteiger partial charge < -0.3 is 9.84 Å². The monoisotopic (exact) mass is 413 g/mol. The van der Waals surface area contributed by atoms with Gasteiger partial charge in [0.1, 0.15) is 6.07 Å². The Labute approximate surface area is 177 Å². The molecule has 30 heavy (non-hydrogen) atoms. The van der Waals surface area contributed by atoms with E-state index >= 15 is 0 Å². The summed E-state index contributed by atoms with van der Waals surface area (Å²) < 4.78 is 5.78. The van der Waals surface area contributed by atoms with Gasteiger partial charge in [-0.3, -0.25) is 14.4 Å². The standard InChI is InChI=1S/C24H31NO5/c1-22-10-7-16(26)13-15(22)3-4-17-18(22)8-11-23(2)19(17)9-12-24(23,14-25)30-21(29)6-5-20(27)28/h13,17-19H,3-12H2,1-2H3,(H,27,28)/t17-,18-,19-,22+,23-,24+/m0/s1. The molecule has 0 radical (unpaired) electrons. The third kappa shape index (κ3) is 3.01. The summed E-state index contributed by atoms with van der Waals surface area (Å²) in [6.07, 6.45) is 8.06. The maximum atomic E-state index is 12.4. The Hall–Kier alpha value is -2.16. The normalized spacial score (nSPS) is 42.2. The van der Waals surface area contributed by atoms with Crippen LogP contribution in [0.1, 0.15) is 78.1 Å². The number of fused-ring (bicyclic) bond motifs is 5. The highest BCUT2D eigenvalue weighted by molar-refractivity contribution is 5.91. The molecule has 4 aliphatic rings. The van der Waals surface area contributed by atoms with Crippen molar-refractivity contribution in [2.75, 3.05) is 0 Å². The molecule has 4 aliphatic carbocycles. The summed E-state index contributed by atoms with van der Waals surface area (Å²) in [6.45, 7) is 4.43. The van der Waals surface area contributed by atoms with Crippen molar-refractivity contribution in [2.24, 2.45) is 28.6 Å². The minimum Gasteiger partial charge on any atom is -0.481 e. The van der Waals surface area contributed by atoms with Gasteiger partial charge in [-0.25, -0.2) is 0 Å². The zero-order valence-corrected chi connectivity index (χ0v) is 17.9. The molecule has 3 fully saturated rings. The second-order valence-electron chi connectivity index (χ2n) is 10.3. The van der Waals surface area contributed by atoms with Crippen LogP contribution < -0.4 is 0 Å². The number of hydrogen-bond acceptors (Lipinski definition) is 5. The van der Waals surface area contributed by atoms with E-state index in [9.17, 15) is 19.6 Å². The van der Waals surface area contributed by atoms with Crippen molar-refractivity contribution >= 4 is 17.7 Å². The fourth-order valence-corrected chi connectivity index (χ4v) is 7.39. The van der Waals surface area contributed by atoms with Crippen LogP contribution in [0.2, 0.25) is 0 Å². The van der Waals surface area contributed by atoms with E-state index in [4.69, 9.17) is 9.84 Å². The largest absolute Gasteiger partial charge is 0.481 e. The third-order valence-corrected chi connectivity index (χ3v) is 9.09. The van der Waals surface area contributed by atoms with E-state index in [0.717, 1.165) is 38.5 Å². The number of rotatable bonds is 4. The van der Waals surface area contributed by atoms with E-state index in [-0.39, 0.29) is 24.0 Å². The molecule has 6 atom stereocenters. The highest BCUT2D eigenvalue weighted by atomic mass is 16.6. The fraction of sp³-hybridized carbons (Fsp3) is 0.750. The number of carboxylic acids is 1. The summed E-state index contributed by atoms with van der Waals surface area (Å²) in [4.78, 5) is 35.1. The first-order chi connectivity index (χ1) is 14.1. The topological polar surface area (TPSA) is 104 Å². The SMILES string of the molecule is C[C@]12CC[C@H]3[C@H](CCC4=CC(=O)CC[C@]43C)[C@@H]1CC[C@]2(C#N)OC(=O)CCC(=O)O. The van der Waals surface area contributed by atoms with Gasteiger partial charge in [-0.15, -0.1) is 0 Å². The second-order valence-corrected chi connectivity index (χ2v) is 10.3. The number of carbonyl (C=O) groups excluding carboxylic acids is 2. The average molecular weight is 414 g/mol. The van der Waals surface area contributed by atoms with Gasteiger partial charge in [0.15, 0.2) is 5.78 Å². The Balaban J connectivity index is 1.58. The first-order valence-electron chi connectivity index (χ1n) is 11.2. The number of allylic oxidation sites excluding steroid dienone is 1. The van der Waals surface area contributed by atoms with Crippen molar-refractivity contribution in [1.29, 1.82) is 5.26 Å². The molecule has 162 valence electrons. The number of nitriles is 1. The van der Waals surface area contributed by atoms with Crippen molar-refractivity contribution < 1.29 is 24.2 Å². The molecule has 0 spiro atoms. The van der Waals surface area contributed by atoms with Crippen LogP contribution in [0.15, 0.2) is 11.6 Å². The van der Waals surface area contributed by atoms with E-state index in [0.29, 0.717) is 30.6 Å². The predicted molar refractivity (Wildman–Crippen MR) is 108 cm³/mol. The maximum Gasteiger partial charge on any atom is 0.307 e. The van der Waals surface area contributed by atoms with Gasteiger partial charge in [0.25, 0.3) is 0 Å². The number of hydrogen-bond donors (Lipinski definition) is 1. The van der Waals surface area contributed by atoms with Crippen molar-refractivity contribution in [2.45, 2.75) is 83.7 Å². The predicted octanol–water partition coefficient (Wildman–Crippen LogP) is 4.19. The first-order valence-corrected chi connectivity index (χ1v) is 11.2. The molecule has 1 N–H and O–H groups in total. The molecule has 0 saturated heterocycles. The number of nitrogens with zero attached hydrogens (tertiary/aromatic N) is 1. The van der Waals surface area contributed by atoms with E-state index in [1.807, 2.05) is 6.08 Å². The summed E-state index contributed by atoms with van der Waals surface area (Å²) in [5.74, 6) is -0.111. The molecule has 4 rings (SSSR count). The lowest BCUT2D eigenvalue weighted by molar-refractivity contribution is -0.173. The van der Waals surface area contributed by atoms with Crippen LogP contribution in [0.5, 0.6) is 0 Å². The summed E-state index contributed by atoms with van der Waals surface area (Å²) in [6, 6.07) is 2.36. The Morgan fingerprint density at radius 1 is 1.13 bits per heavy atom. The number of carboxylic acid groups (broad SMARTS) is 1. The maximum absolute atomic E-state index is 12.4. The number of carbonyl (C=O) groups is 3. The van der Waals surface area contributed by atoms with Gasteiger partial charge in [0.2, 0.25) is 5.60 Å². The second kappa shape index (κ2) is 7.21. The number of aliphatic carboxylic acids is 1. The molecule has 0 aromatic heterocycles. The molecule has 0 amide bonds. The lowest BCUT2D eigenvalue weighted by atomic mass is 9.46. The van der Waals surface area contributed by atoms with E-state index in [2.05, 4.69) is 19.9 Å². The van der Waals surface area contributed by atoms with Crippen molar-refractivity contribution in [3.63, 3.8) is 0 Å². The molecule has 6 nitrogen and oxygen atoms in total. The molecule has 0 aromatic rings. The van der Waals surface area contributed by atoms with Crippen molar-refractivity contribution in [3.05, 3.63) is 11.6 Å². The Bertz CT molecular complexity index is 856. The Morgan fingerprint density at radius 3 is 2.57 bits per heavy atom. The van der Waals surface area contributed by atoms with E-state index < -0.39 is 23.0 Å². The van der Waals surface area contributed by atoms with Gasteiger partial charge in [-0.05, 0) is 67.8 Å². The zero-order chi connectivity index (χ0) is 21.7. The van der Waals surface area contributed by atoms with Crippen LogP contribution in [-0.4, -0.2) is 28.4 Å². The molecule has 3 saturated carbocycles. The van der Waals surface area contributed by atoms with Gasteiger partial charge >= 0.3 is 11.9 Å². The molecule has 0 aromatic carbocycles. The third-order valence-electron chi connectivity index (χ3n) is 9.09. The number of ether oxygens (including phenoxy) is 1. The first kappa shape index (κ1) is 21.1. The minimum atomic E-state index is -1.17. The summed E-state index contributed by atoms with van der Waals surface area (Å²) in [7, 11) is 0. The molecular weight excluding hydrogens is 382 g/mol. The highest BCUT2D eigenvalue weighted by Gasteiger charge is 2.66. The molecule has 0 heterocycles. The van der Waals surface area contributed by atoms with E-state index in [1.165, 1.54) is 5.57 Å². The van der Waals surface area contributed by atoms with E-state index in [1.54, 1.807) is 0 Å². The van der Waals surface area contributed by atoms with Gasteiger partial charge in [0, 0.05) is 18.3 Å². The summed E-state index contributed by atoms with van der Waals surface area (Å²) >= 11 is 0. The van der Waals surface area contributed by atoms with Gasteiger partial charge in [-0.1, -0.05) is 19.4 Å². The smallest absolute Gasteiger partial charge is 0.307 e. The Morgan fingerprint density at radius 2 is 1.87 bits per heavy atom. The summed E-state index contributed by atoms with van der Waals surface area (Å²) in [5.41, 5.74) is -0.205. The van der Waals surface area contributed by atoms with Crippen LogP contribution in [-0.2, 0) is 19.1 Å². The molecule has 6 heteroatoms.